The van der Waals surface area contributed by atoms with Crippen molar-refractivity contribution in [3.63, 3.8) is 0 Å². The molecule has 0 aliphatic rings. The van der Waals surface area contributed by atoms with Crippen molar-refractivity contribution in [1.82, 2.24) is 14.9 Å². The molecule has 1 aromatic heterocycles. The zero-order valence-electron chi connectivity index (χ0n) is 9.13. The van der Waals surface area contributed by atoms with Crippen LogP contribution >= 0.6 is 11.6 Å². The fourth-order valence-corrected chi connectivity index (χ4v) is 1.74. The highest BCUT2D eigenvalue weighted by Crippen LogP contribution is 2.17. The lowest BCUT2D eigenvalue weighted by Crippen LogP contribution is -2.14. The molecule has 0 aromatic carbocycles. The second kappa shape index (κ2) is 4.71. The topological polar surface area (TPSA) is 29.0 Å². The van der Waals surface area contributed by atoms with Gasteiger partial charge in [0.15, 0.2) is 0 Å². The van der Waals surface area contributed by atoms with Gasteiger partial charge in [-0.25, -0.2) is 9.97 Å². The number of aryl methyl sites for hydroxylation is 1. The van der Waals surface area contributed by atoms with Gasteiger partial charge in [0.1, 0.15) is 11.0 Å². The summed E-state index contributed by atoms with van der Waals surface area (Å²) in [5.74, 6) is 0.787. The van der Waals surface area contributed by atoms with Gasteiger partial charge in [0, 0.05) is 11.3 Å². The molecule has 0 unspecified atom stereocenters. The Morgan fingerprint density at radius 2 is 1.93 bits per heavy atom. The summed E-state index contributed by atoms with van der Waals surface area (Å²) >= 11 is 6.05. The van der Waals surface area contributed by atoms with E-state index >= 15 is 0 Å². The predicted molar refractivity (Wildman–Crippen MR) is 58.5 cm³/mol. The molecular weight excluding hydrogens is 198 g/mol. The minimum Gasteiger partial charge on any atom is -0.302 e. The van der Waals surface area contributed by atoms with Crippen LogP contribution in [0.15, 0.2) is 0 Å². The molecule has 3 nitrogen and oxygen atoms in total. The Labute approximate surface area is 90.1 Å². The summed E-state index contributed by atoms with van der Waals surface area (Å²) in [5.41, 5.74) is 2.04. The molecule has 0 N–H and O–H groups in total. The van der Waals surface area contributed by atoms with Crippen LogP contribution < -0.4 is 0 Å². The monoisotopic (exact) mass is 213 g/mol. The maximum atomic E-state index is 6.05. The summed E-state index contributed by atoms with van der Waals surface area (Å²) in [5, 5.41) is 0.594. The average Bonchev–Trinajstić information content (AvgIpc) is 2.01. The van der Waals surface area contributed by atoms with E-state index in [4.69, 9.17) is 11.6 Å². The SMILES string of the molecule is CCc1c(C)nc(CN(C)C)nc1Cl. The first kappa shape index (κ1) is 11.4. The van der Waals surface area contributed by atoms with Crippen LogP contribution in [-0.4, -0.2) is 29.0 Å². The first-order valence-corrected chi connectivity index (χ1v) is 5.09. The quantitative estimate of drug-likeness (QED) is 0.720. The summed E-state index contributed by atoms with van der Waals surface area (Å²) in [6, 6.07) is 0. The van der Waals surface area contributed by atoms with Crippen molar-refractivity contribution in [3.05, 3.63) is 22.2 Å². The van der Waals surface area contributed by atoms with Crippen LogP contribution in [0.4, 0.5) is 0 Å². The van der Waals surface area contributed by atoms with E-state index in [-0.39, 0.29) is 0 Å². The van der Waals surface area contributed by atoms with Crippen LogP contribution in [0.1, 0.15) is 24.0 Å². The second-order valence-electron chi connectivity index (χ2n) is 3.59. The van der Waals surface area contributed by atoms with Crippen LogP contribution in [0.5, 0.6) is 0 Å². The fourth-order valence-electron chi connectivity index (χ4n) is 1.37. The lowest BCUT2D eigenvalue weighted by Gasteiger charge is -2.11. The van der Waals surface area contributed by atoms with E-state index in [1.165, 1.54) is 0 Å². The minimum atomic E-state index is 0.594. The second-order valence-corrected chi connectivity index (χ2v) is 3.94. The average molecular weight is 214 g/mol. The zero-order valence-corrected chi connectivity index (χ0v) is 9.89. The maximum absolute atomic E-state index is 6.05. The highest BCUT2D eigenvalue weighted by Gasteiger charge is 2.08. The van der Waals surface area contributed by atoms with Crippen molar-refractivity contribution in [3.8, 4) is 0 Å². The molecule has 14 heavy (non-hydrogen) atoms. The molecule has 0 radical (unpaired) electrons. The standard InChI is InChI=1S/C10H16ClN3/c1-5-8-7(2)12-9(6-14(3)4)13-10(8)11/h5-6H2,1-4H3. The van der Waals surface area contributed by atoms with Gasteiger partial charge in [-0.3, -0.25) is 0 Å². The van der Waals surface area contributed by atoms with Crippen molar-refractivity contribution >= 4 is 11.6 Å². The number of rotatable bonds is 3. The molecule has 1 aromatic rings. The molecule has 78 valence electrons. The molecule has 0 fully saturated rings. The third kappa shape index (κ3) is 2.66. The Morgan fingerprint density at radius 1 is 1.29 bits per heavy atom. The van der Waals surface area contributed by atoms with E-state index in [9.17, 15) is 0 Å². The number of halogens is 1. The number of aromatic nitrogens is 2. The van der Waals surface area contributed by atoms with Crippen LogP contribution in [0, 0.1) is 6.92 Å². The van der Waals surface area contributed by atoms with Crippen LogP contribution in [0.25, 0.3) is 0 Å². The van der Waals surface area contributed by atoms with Gasteiger partial charge in [-0.2, -0.15) is 0 Å². The van der Waals surface area contributed by atoms with Crippen LogP contribution in [0.3, 0.4) is 0 Å². The Kier molecular flexibility index (Phi) is 3.84. The summed E-state index contributed by atoms with van der Waals surface area (Å²) in [7, 11) is 3.97. The van der Waals surface area contributed by atoms with Gasteiger partial charge in [0.2, 0.25) is 0 Å². The van der Waals surface area contributed by atoms with E-state index in [2.05, 4.69) is 16.9 Å². The summed E-state index contributed by atoms with van der Waals surface area (Å²) in [6.07, 6.45) is 0.882. The van der Waals surface area contributed by atoms with E-state index in [1.807, 2.05) is 25.9 Å². The molecule has 0 aliphatic heterocycles. The Bertz CT molecular complexity index is 300. The summed E-state index contributed by atoms with van der Waals surface area (Å²) < 4.78 is 0. The van der Waals surface area contributed by atoms with Crippen molar-refractivity contribution in [2.45, 2.75) is 26.8 Å². The highest BCUT2D eigenvalue weighted by atomic mass is 35.5. The van der Waals surface area contributed by atoms with Crippen LogP contribution in [0.2, 0.25) is 5.15 Å². The molecule has 1 rings (SSSR count). The molecule has 0 amide bonds. The summed E-state index contributed by atoms with van der Waals surface area (Å²) in [4.78, 5) is 10.7. The highest BCUT2D eigenvalue weighted by molar-refractivity contribution is 6.30. The third-order valence-electron chi connectivity index (χ3n) is 2.02. The van der Waals surface area contributed by atoms with Crippen molar-refractivity contribution in [2.24, 2.45) is 0 Å². The molecule has 0 aliphatic carbocycles. The minimum absolute atomic E-state index is 0.594. The predicted octanol–water partition coefficient (Wildman–Crippen LogP) is 2.06. The first-order chi connectivity index (χ1) is 6.54. The van der Waals surface area contributed by atoms with Gasteiger partial charge in [-0.05, 0) is 27.4 Å². The smallest absolute Gasteiger partial charge is 0.144 e. The molecular formula is C10H16ClN3. The van der Waals surface area contributed by atoms with Gasteiger partial charge in [-0.1, -0.05) is 18.5 Å². The number of hydrogen-bond acceptors (Lipinski definition) is 3. The third-order valence-corrected chi connectivity index (χ3v) is 2.33. The van der Waals surface area contributed by atoms with Crippen LogP contribution in [-0.2, 0) is 13.0 Å². The van der Waals surface area contributed by atoms with E-state index in [1.54, 1.807) is 0 Å². The Balaban J connectivity index is 3.01. The first-order valence-electron chi connectivity index (χ1n) is 4.71. The van der Waals surface area contributed by atoms with Gasteiger partial charge >= 0.3 is 0 Å². The van der Waals surface area contributed by atoms with E-state index in [0.717, 1.165) is 30.0 Å². The molecule has 0 atom stereocenters. The van der Waals surface area contributed by atoms with Crippen molar-refractivity contribution in [1.29, 1.82) is 0 Å². The largest absolute Gasteiger partial charge is 0.302 e. The lowest BCUT2D eigenvalue weighted by molar-refractivity contribution is 0.389. The Hall–Kier alpha value is -0.670. The van der Waals surface area contributed by atoms with Crippen molar-refractivity contribution < 1.29 is 0 Å². The molecule has 0 saturated carbocycles. The Morgan fingerprint density at radius 3 is 2.36 bits per heavy atom. The molecule has 0 saturated heterocycles. The molecule has 0 bridgehead atoms. The number of nitrogens with zero attached hydrogens (tertiary/aromatic N) is 3. The molecule has 4 heteroatoms. The van der Waals surface area contributed by atoms with Gasteiger partial charge in [-0.15, -0.1) is 0 Å². The normalized spacial score (nSPS) is 11.0. The maximum Gasteiger partial charge on any atom is 0.144 e. The summed E-state index contributed by atoms with van der Waals surface area (Å²) in [6.45, 7) is 4.76. The molecule has 0 spiro atoms. The van der Waals surface area contributed by atoms with Gasteiger partial charge in [0.25, 0.3) is 0 Å². The van der Waals surface area contributed by atoms with E-state index < -0.39 is 0 Å². The van der Waals surface area contributed by atoms with Gasteiger partial charge < -0.3 is 4.90 Å². The zero-order chi connectivity index (χ0) is 10.7. The van der Waals surface area contributed by atoms with E-state index in [0.29, 0.717) is 5.15 Å². The number of hydrogen-bond donors (Lipinski definition) is 0. The fraction of sp³-hybridized carbons (Fsp3) is 0.600. The molecule has 1 heterocycles. The van der Waals surface area contributed by atoms with Crippen molar-refractivity contribution in [2.75, 3.05) is 14.1 Å². The van der Waals surface area contributed by atoms with Gasteiger partial charge in [0.05, 0.1) is 6.54 Å². The lowest BCUT2D eigenvalue weighted by atomic mass is 10.2.